The van der Waals surface area contributed by atoms with Crippen molar-refractivity contribution in [2.45, 2.75) is 0 Å². The molecule has 1 N–H and O–H groups in total. The van der Waals surface area contributed by atoms with Crippen molar-refractivity contribution in [2.75, 3.05) is 5.32 Å². The van der Waals surface area contributed by atoms with E-state index in [-0.39, 0.29) is 0 Å². The fraction of sp³-hybridized carbons (Fsp3) is 0. The van der Waals surface area contributed by atoms with E-state index in [2.05, 4.69) is 31.2 Å². The summed E-state index contributed by atoms with van der Waals surface area (Å²) in [4.78, 5) is 8.68. The van der Waals surface area contributed by atoms with Gasteiger partial charge in [0.2, 0.25) is 0 Å². The van der Waals surface area contributed by atoms with Crippen LogP contribution in [0, 0.1) is 0 Å². The molecular formula is C14H8BrCl2N3. The third-order valence-corrected chi connectivity index (χ3v) is 3.73. The fourth-order valence-electron chi connectivity index (χ4n) is 1.84. The van der Waals surface area contributed by atoms with Gasteiger partial charge in [0, 0.05) is 21.9 Å². The molecule has 0 fully saturated rings. The molecule has 2 aromatic heterocycles. The number of nitrogens with one attached hydrogen (secondary N) is 1. The van der Waals surface area contributed by atoms with Gasteiger partial charge in [0.25, 0.3) is 0 Å². The van der Waals surface area contributed by atoms with Crippen LogP contribution >= 0.6 is 39.1 Å². The SMILES string of the molecule is Clc1ccc(Nc2ccnc3cc(Br)cnc23)c(Cl)c1. The van der Waals surface area contributed by atoms with Crippen molar-refractivity contribution in [3.8, 4) is 0 Å². The Morgan fingerprint density at radius 3 is 2.65 bits per heavy atom. The smallest absolute Gasteiger partial charge is 0.112 e. The summed E-state index contributed by atoms with van der Waals surface area (Å²) in [6.45, 7) is 0. The number of pyridine rings is 2. The lowest BCUT2D eigenvalue weighted by molar-refractivity contribution is 1.32. The predicted molar refractivity (Wildman–Crippen MR) is 87.0 cm³/mol. The van der Waals surface area contributed by atoms with Gasteiger partial charge in [0.15, 0.2) is 0 Å². The number of hydrogen-bond acceptors (Lipinski definition) is 3. The number of nitrogens with zero attached hydrogens (tertiary/aromatic N) is 2. The van der Waals surface area contributed by atoms with Gasteiger partial charge in [-0.25, -0.2) is 0 Å². The molecule has 20 heavy (non-hydrogen) atoms. The monoisotopic (exact) mass is 367 g/mol. The summed E-state index contributed by atoms with van der Waals surface area (Å²) in [7, 11) is 0. The first-order chi connectivity index (χ1) is 9.63. The average molecular weight is 369 g/mol. The molecule has 3 rings (SSSR count). The topological polar surface area (TPSA) is 37.8 Å². The van der Waals surface area contributed by atoms with Gasteiger partial charge in [0.05, 0.1) is 21.9 Å². The number of hydrogen-bond donors (Lipinski definition) is 1. The highest BCUT2D eigenvalue weighted by Gasteiger charge is 2.07. The zero-order valence-electron chi connectivity index (χ0n) is 10.1. The first-order valence-corrected chi connectivity index (χ1v) is 7.31. The van der Waals surface area contributed by atoms with E-state index >= 15 is 0 Å². The Labute approximate surface area is 134 Å². The molecule has 3 nitrogen and oxygen atoms in total. The van der Waals surface area contributed by atoms with Crippen LogP contribution < -0.4 is 5.32 Å². The van der Waals surface area contributed by atoms with E-state index in [0.717, 1.165) is 26.9 Å². The van der Waals surface area contributed by atoms with Gasteiger partial charge in [0.1, 0.15) is 5.52 Å². The van der Waals surface area contributed by atoms with Crippen molar-refractivity contribution in [1.82, 2.24) is 9.97 Å². The quantitative estimate of drug-likeness (QED) is 0.654. The third kappa shape index (κ3) is 2.73. The second-order valence-electron chi connectivity index (χ2n) is 4.13. The molecular weight excluding hydrogens is 361 g/mol. The Balaban J connectivity index is 2.06. The summed E-state index contributed by atoms with van der Waals surface area (Å²) < 4.78 is 0.888. The second-order valence-corrected chi connectivity index (χ2v) is 5.89. The Kier molecular flexibility index (Phi) is 3.78. The summed E-state index contributed by atoms with van der Waals surface area (Å²) in [6.07, 6.45) is 3.46. The fourth-order valence-corrected chi connectivity index (χ4v) is 2.62. The Morgan fingerprint density at radius 2 is 1.85 bits per heavy atom. The number of rotatable bonds is 2. The number of aromatic nitrogens is 2. The van der Waals surface area contributed by atoms with Crippen LogP contribution in [-0.4, -0.2) is 9.97 Å². The van der Waals surface area contributed by atoms with Gasteiger partial charge in [-0.2, -0.15) is 0 Å². The summed E-state index contributed by atoms with van der Waals surface area (Å²) in [5, 5.41) is 4.41. The summed E-state index contributed by atoms with van der Waals surface area (Å²) in [6, 6.07) is 9.07. The highest BCUT2D eigenvalue weighted by Crippen LogP contribution is 2.30. The van der Waals surface area contributed by atoms with E-state index in [0.29, 0.717) is 10.0 Å². The van der Waals surface area contributed by atoms with Gasteiger partial charge in [-0.15, -0.1) is 0 Å². The Hall–Kier alpha value is -1.36. The van der Waals surface area contributed by atoms with Gasteiger partial charge in [-0.1, -0.05) is 23.2 Å². The molecule has 0 aliphatic rings. The van der Waals surface area contributed by atoms with Gasteiger partial charge >= 0.3 is 0 Å². The average Bonchev–Trinajstić information content (AvgIpc) is 2.41. The van der Waals surface area contributed by atoms with Gasteiger partial charge in [-0.05, 0) is 46.3 Å². The molecule has 0 unspecified atom stereocenters. The first-order valence-electron chi connectivity index (χ1n) is 5.76. The van der Waals surface area contributed by atoms with Crippen molar-refractivity contribution in [1.29, 1.82) is 0 Å². The van der Waals surface area contributed by atoms with Crippen LogP contribution in [0.25, 0.3) is 11.0 Å². The van der Waals surface area contributed by atoms with Crippen LogP contribution in [0.2, 0.25) is 10.0 Å². The van der Waals surface area contributed by atoms with Crippen molar-refractivity contribution >= 4 is 61.5 Å². The lowest BCUT2D eigenvalue weighted by Crippen LogP contribution is -1.95. The lowest BCUT2D eigenvalue weighted by Gasteiger charge is -2.10. The Morgan fingerprint density at radius 1 is 1.00 bits per heavy atom. The summed E-state index contributed by atoms with van der Waals surface area (Å²) >= 11 is 15.4. The molecule has 0 radical (unpaired) electrons. The molecule has 0 bridgehead atoms. The molecule has 0 saturated heterocycles. The van der Waals surface area contributed by atoms with Crippen LogP contribution in [-0.2, 0) is 0 Å². The van der Waals surface area contributed by atoms with Crippen LogP contribution in [0.1, 0.15) is 0 Å². The molecule has 100 valence electrons. The van der Waals surface area contributed by atoms with Crippen LogP contribution in [0.3, 0.4) is 0 Å². The highest BCUT2D eigenvalue weighted by molar-refractivity contribution is 9.10. The lowest BCUT2D eigenvalue weighted by atomic mass is 10.2. The molecule has 0 amide bonds. The van der Waals surface area contributed by atoms with E-state index < -0.39 is 0 Å². The van der Waals surface area contributed by atoms with E-state index in [9.17, 15) is 0 Å². The van der Waals surface area contributed by atoms with Crippen LogP contribution in [0.4, 0.5) is 11.4 Å². The third-order valence-electron chi connectivity index (χ3n) is 2.74. The molecule has 0 saturated carbocycles. The number of benzene rings is 1. The van der Waals surface area contributed by atoms with Gasteiger partial charge < -0.3 is 5.32 Å². The largest absolute Gasteiger partial charge is 0.352 e. The van der Waals surface area contributed by atoms with Crippen molar-refractivity contribution < 1.29 is 0 Å². The van der Waals surface area contributed by atoms with E-state index in [1.807, 2.05) is 18.2 Å². The van der Waals surface area contributed by atoms with Gasteiger partial charge in [-0.3, -0.25) is 9.97 Å². The maximum atomic E-state index is 6.17. The molecule has 0 aliphatic heterocycles. The Bertz CT molecular complexity index is 792. The molecule has 0 aliphatic carbocycles. The normalized spacial score (nSPS) is 10.8. The summed E-state index contributed by atoms with van der Waals surface area (Å²) in [5.74, 6) is 0. The molecule has 0 spiro atoms. The minimum absolute atomic E-state index is 0.555. The number of anilines is 2. The highest BCUT2D eigenvalue weighted by atomic mass is 79.9. The van der Waals surface area contributed by atoms with E-state index in [1.54, 1.807) is 24.5 Å². The zero-order chi connectivity index (χ0) is 14.1. The van der Waals surface area contributed by atoms with Crippen molar-refractivity contribution in [2.24, 2.45) is 0 Å². The number of halogens is 3. The number of fused-ring (bicyclic) bond motifs is 1. The van der Waals surface area contributed by atoms with Crippen LogP contribution in [0.5, 0.6) is 0 Å². The van der Waals surface area contributed by atoms with Crippen LogP contribution in [0.15, 0.2) is 47.2 Å². The first kappa shape index (κ1) is 13.6. The maximum absolute atomic E-state index is 6.17. The van der Waals surface area contributed by atoms with Crippen molar-refractivity contribution in [3.63, 3.8) is 0 Å². The minimum atomic E-state index is 0.555. The molecule has 6 heteroatoms. The second kappa shape index (κ2) is 5.56. The predicted octanol–water partition coefficient (Wildman–Crippen LogP) is 5.44. The molecule has 1 aromatic carbocycles. The maximum Gasteiger partial charge on any atom is 0.112 e. The standard InChI is InChI=1S/C14H8BrCl2N3/c15-8-5-13-14(19-7-8)12(3-4-18-13)20-11-2-1-9(16)6-10(11)17/h1-7H,(H,18,20). The van der Waals surface area contributed by atoms with Crippen molar-refractivity contribution in [3.05, 3.63) is 57.2 Å². The van der Waals surface area contributed by atoms with E-state index in [1.165, 1.54) is 0 Å². The molecule has 3 aromatic rings. The summed E-state index contributed by atoms with van der Waals surface area (Å²) in [5.41, 5.74) is 3.19. The minimum Gasteiger partial charge on any atom is -0.352 e. The van der Waals surface area contributed by atoms with E-state index in [4.69, 9.17) is 23.2 Å². The molecule has 0 atom stereocenters. The zero-order valence-corrected chi connectivity index (χ0v) is 13.2. The molecule has 2 heterocycles.